The standard InChI is InChI=1S/C14H21N3O3/c1-2-11-16-12(18)7-13(17-11)20-10-8-14(19-9-10)3-5-15-6-4-14/h7,10,15H,2-6,8-9H2,1H3,(H,16,17,18). The minimum Gasteiger partial charge on any atom is -0.472 e. The van der Waals surface area contributed by atoms with Gasteiger partial charge in [-0.05, 0) is 25.9 Å². The predicted molar refractivity (Wildman–Crippen MR) is 74.1 cm³/mol. The van der Waals surface area contributed by atoms with Crippen molar-refractivity contribution >= 4 is 0 Å². The van der Waals surface area contributed by atoms with E-state index < -0.39 is 0 Å². The molecule has 0 amide bonds. The summed E-state index contributed by atoms with van der Waals surface area (Å²) < 4.78 is 11.8. The van der Waals surface area contributed by atoms with Crippen LogP contribution in [0.5, 0.6) is 5.88 Å². The van der Waals surface area contributed by atoms with E-state index in [0.29, 0.717) is 24.7 Å². The summed E-state index contributed by atoms with van der Waals surface area (Å²) >= 11 is 0. The van der Waals surface area contributed by atoms with Crippen LogP contribution in [0.3, 0.4) is 0 Å². The summed E-state index contributed by atoms with van der Waals surface area (Å²) in [5, 5.41) is 3.34. The number of H-pyrrole nitrogens is 1. The highest BCUT2D eigenvalue weighted by Gasteiger charge is 2.42. The average Bonchev–Trinajstić information content (AvgIpc) is 2.81. The van der Waals surface area contributed by atoms with Gasteiger partial charge in [-0.3, -0.25) is 4.79 Å². The molecule has 110 valence electrons. The van der Waals surface area contributed by atoms with Crippen LogP contribution in [0.15, 0.2) is 10.9 Å². The van der Waals surface area contributed by atoms with E-state index in [1.807, 2.05) is 6.92 Å². The van der Waals surface area contributed by atoms with E-state index >= 15 is 0 Å². The topological polar surface area (TPSA) is 76.2 Å². The molecular weight excluding hydrogens is 258 g/mol. The van der Waals surface area contributed by atoms with Gasteiger partial charge >= 0.3 is 0 Å². The third kappa shape index (κ3) is 2.86. The molecule has 0 aromatic carbocycles. The highest BCUT2D eigenvalue weighted by molar-refractivity contribution is 5.10. The number of hydrogen-bond acceptors (Lipinski definition) is 5. The van der Waals surface area contributed by atoms with Crippen LogP contribution in [0.1, 0.15) is 32.0 Å². The molecule has 20 heavy (non-hydrogen) atoms. The molecule has 2 aliphatic rings. The number of nitrogens with one attached hydrogen (secondary N) is 2. The molecule has 1 aromatic rings. The van der Waals surface area contributed by atoms with Gasteiger partial charge in [0.25, 0.3) is 5.56 Å². The molecule has 2 aliphatic heterocycles. The first kappa shape index (κ1) is 13.6. The maximum atomic E-state index is 11.5. The molecule has 0 saturated carbocycles. The summed E-state index contributed by atoms with van der Waals surface area (Å²) in [7, 11) is 0. The largest absolute Gasteiger partial charge is 0.472 e. The van der Waals surface area contributed by atoms with E-state index in [-0.39, 0.29) is 17.3 Å². The second-order valence-corrected chi connectivity index (χ2v) is 5.57. The molecule has 3 heterocycles. The van der Waals surface area contributed by atoms with Gasteiger partial charge in [0.2, 0.25) is 5.88 Å². The maximum absolute atomic E-state index is 11.5. The number of aromatic amines is 1. The molecule has 1 aromatic heterocycles. The number of hydrogen-bond donors (Lipinski definition) is 2. The third-order valence-corrected chi connectivity index (χ3v) is 4.08. The summed E-state index contributed by atoms with van der Waals surface area (Å²) in [6.07, 6.45) is 3.60. The van der Waals surface area contributed by atoms with Gasteiger partial charge in [0.15, 0.2) is 0 Å². The smallest absolute Gasteiger partial charge is 0.254 e. The SMILES string of the molecule is CCc1nc(OC2COC3(CCNCC3)C2)cc(=O)[nH]1. The summed E-state index contributed by atoms with van der Waals surface area (Å²) in [6.45, 7) is 4.52. The lowest BCUT2D eigenvalue weighted by Gasteiger charge is -2.32. The molecule has 1 spiro atoms. The zero-order valence-corrected chi connectivity index (χ0v) is 11.8. The van der Waals surface area contributed by atoms with E-state index in [2.05, 4.69) is 15.3 Å². The van der Waals surface area contributed by atoms with Crippen molar-refractivity contribution in [3.63, 3.8) is 0 Å². The zero-order valence-electron chi connectivity index (χ0n) is 11.8. The van der Waals surface area contributed by atoms with Crippen molar-refractivity contribution in [3.8, 4) is 5.88 Å². The quantitative estimate of drug-likeness (QED) is 0.848. The van der Waals surface area contributed by atoms with Gasteiger partial charge in [-0.1, -0.05) is 6.92 Å². The molecule has 6 nitrogen and oxygen atoms in total. The van der Waals surface area contributed by atoms with Crippen LogP contribution < -0.4 is 15.6 Å². The Hall–Kier alpha value is -1.40. The van der Waals surface area contributed by atoms with Gasteiger partial charge in [0, 0.05) is 12.8 Å². The van der Waals surface area contributed by atoms with Crippen LogP contribution in [0, 0.1) is 0 Å². The highest BCUT2D eigenvalue weighted by atomic mass is 16.6. The Morgan fingerprint density at radius 1 is 1.50 bits per heavy atom. The second-order valence-electron chi connectivity index (χ2n) is 5.57. The number of nitrogens with zero attached hydrogens (tertiary/aromatic N) is 1. The average molecular weight is 279 g/mol. The highest BCUT2D eigenvalue weighted by Crippen LogP contribution is 2.35. The third-order valence-electron chi connectivity index (χ3n) is 4.08. The molecule has 6 heteroatoms. The number of rotatable bonds is 3. The first-order chi connectivity index (χ1) is 9.69. The van der Waals surface area contributed by atoms with Crippen molar-refractivity contribution in [2.45, 2.75) is 44.3 Å². The molecule has 1 atom stereocenters. The van der Waals surface area contributed by atoms with E-state index in [1.165, 1.54) is 6.07 Å². The first-order valence-electron chi connectivity index (χ1n) is 7.31. The molecule has 0 aliphatic carbocycles. The lowest BCUT2D eigenvalue weighted by molar-refractivity contribution is -0.0205. The van der Waals surface area contributed by atoms with Crippen molar-refractivity contribution in [1.29, 1.82) is 0 Å². The number of aryl methyl sites for hydroxylation is 1. The van der Waals surface area contributed by atoms with Crippen LogP contribution in [0.4, 0.5) is 0 Å². The van der Waals surface area contributed by atoms with Gasteiger partial charge < -0.3 is 19.8 Å². The van der Waals surface area contributed by atoms with Crippen molar-refractivity contribution in [2.75, 3.05) is 19.7 Å². The zero-order chi connectivity index (χ0) is 14.0. The molecule has 2 fully saturated rings. The molecular formula is C14H21N3O3. The molecule has 3 rings (SSSR count). The fourth-order valence-corrected chi connectivity index (χ4v) is 2.99. The number of ether oxygens (including phenoxy) is 2. The van der Waals surface area contributed by atoms with Crippen molar-refractivity contribution in [2.24, 2.45) is 0 Å². The van der Waals surface area contributed by atoms with Crippen molar-refractivity contribution < 1.29 is 9.47 Å². The Kier molecular flexibility index (Phi) is 3.76. The minimum absolute atomic E-state index is 0.00731. The summed E-state index contributed by atoms with van der Waals surface area (Å²) in [5.74, 6) is 1.06. The summed E-state index contributed by atoms with van der Waals surface area (Å²) in [4.78, 5) is 18.5. The molecule has 0 radical (unpaired) electrons. The minimum atomic E-state index is -0.164. The normalized spacial score (nSPS) is 24.9. The Morgan fingerprint density at radius 2 is 2.30 bits per heavy atom. The fourth-order valence-electron chi connectivity index (χ4n) is 2.99. The van der Waals surface area contributed by atoms with E-state index in [0.717, 1.165) is 32.4 Å². The van der Waals surface area contributed by atoms with Crippen LogP contribution in [-0.2, 0) is 11.2 Å². The summed E-state index contributed by atoms with van der Waals surface area (Å²) in [5.41, 5.74) is -0.201. The van der Waals surface area contributed by atoms with Crippen molar-refractivity contribution in [1.82, 2.24) is 15.3 Å². The Balaban J connectivity index is 1.67. The van der Waals surface area contributed by atoms with Crippen LogP contribution in [0.2, 0.25) is 0 Å². The number of piperidine rings is 1. The molecule has 2 saturated heterocycles. The van der Waals surface area contributed by atoms with Gasteiger partial charge in [0.05, 0.1) is 18.3 Å². The predicted octanol–water partition coefficient (Wildman–Crippen LogP) is 0.622. The second kappa shape index (κ2) is 5.54. The molecule has 2 N–H and O–H groups in total. The van der Waals surface area contributed by atoms with E-state index in [1.54, 1.807) is 0 Å². The van der Waals surface area contributed by atoms with Gasteiger partial charge in [-0.15, -0.1) is 0 Å². The van der Waals surface area contributed by atoms with E-state index in [4.69, 9.17) is 9.47 Å². The Bertz CT molecular complexity index is 523. The van der Waals surface area contributed by atoms with Gasteiger partial charge in [-0.25, -0.2) is 4.98 Å². The maximum Gasteiger partial charge on any atom is 0.254 e. The number of aromatic nitrogens is 2. The monoisotopic (exact) mass is 279 g/mol. The summed E-state index contributed by atoms with van der Waals surface area (Å²) in [6, 6.07) is 1.41. The van der Waals surface area contributed by atoms with Crippen LogP contribution >= 0.6 is 0 Å². The van der Waals surface area contributed by atoms with Crippen LogP contribution in [-0.4, -0.2) is 41.4 Å². The fraction of sp³-hybridized carbons (Fsp3) is 0.714. The first-order valence-corrected chi connectivity index (χ1v) is 7.31. The Labute approximate surface area is 117 Å². The molecule has 0 bridgehead atoms. The molecule has 1 unspecified atom stereocenters. The van der Waals surface area contributed by atoms with Crippen LogP contribution in [0.25, 0.3) is 0 Å². The lowest BCUT2D eigenvalue weighted by atomic mass is 9.89. The van der Waals surface area contributed by atoms with Gasteiger partial charge in [0.1, 0.15) is 11.9 Å². The van der Waals surface area contributed by atoms with Gasteiger partial charge in [-0.2, -0.15) is 0 Å². The Morgan fingerprint density at radius 3 is 3.05 bits per heavy atom. The van der Waals surface area contributed by atoms with Crippen molar-refractivity contribution in [3.05, 3.63) is 22.2 Å². The van der Waals surface area contributed by atoms with E-state index in [9.17, 15) is 4.79 Å². The lowest BCUT2D eigenvalue weighted by Crippen LogP contribution is -2.41.